The van der Waals surface area contributed by atoms with E-state index in [0.717, 1.165) is 24.9 Å². The number of benzene rings is 2. The number of rotatable bonds is 7. The van der Waals surface area contributed by atoms with Crippen molar-refractivity contribution in [3.8, 4) is 5.69 Å². The van der Waals surface area contributed by atoms with Crippen molar-refractivity contribution in [2.24, 2.45) is 0 Å². The maximum absolute atomic E-state index is 12.8. The molecule has 0 aliphatic carbocycles. The Morgan fingerprint density at radius 3 is 2.52 bits per heavy atom. The van der Waals surface area contributed by atoms with Gasteiger partial charge in [-0.3, -0.25) is 14.2 Å². The first-order chi connectivity index (χ1) is 14.2. The van der Waals surface area contributed by atoms with E-state index in [4.69, 9.17) is 0 Å². The molecule has 0 saturated heterocycles. The van der Waals surface area contributed by atoms with Gasteiger partial charge in [0.2, 0.25) is 0 Å². The molecule has 0 atom stereocenters. The van der Waals surface area contributed by atoms with Crippen LogP contribution >= 0.6 is 0 Å². The van der Waals surface area contributed by atoms with Crippen LogP contribution < -0.4 is 5.56 Å². The van der Waals surface area contributed by atoms with Crippen molar-refractivity contribution in [2.45, 2.75) is 32.7 Å². The van der Waals surface area contributed by atoms with Crippen LogP contribution in [0.2, 0.25) is 0 Å². The first-order valence-corrected chi connectivity index (χ1v) is 9.78. The molecule has 0 radical (unpaired) electrons. The smallest absolute Gasteiger partial charge is 0.264 e. The van der Waals surface area contributed by atoms with E-state index in [1.165, 1.54) is 22.7 Å². The Morgan fingerprint density at radius 1 is 1.03 bits per heavy atom. The van der Waals surface area contributed by atoms with Gasteiger partial charge in [0.15, 0.2) is 11.4 Å². The van der Waals surface area contributed by atoms with Gasteiger partial charge in [-0.15, -0.1) is 0 Å². The van der Waals surface area contributed by atoms with Gasteiger partial charge >= 0.3 is 0 Å². The lowest BCUT2D eigenvalue weighted by Gasteiger charge is -2.07. The summed E-state index contributed by atoms with van der Waals surface area (Å²) in [5.41, 5.74) is 2.84. The fourth-order valence-electron chi connectivity index (χ4n) is 3.30. The summed E-state index contributed by atoms with van der Waals surface area (Å²) in [6.07, 6.45) is 6.20. The molecule has 0 bridgehead atoms. The summed E-state index contributed by atoms with van der Waals surface area (Å²) in [7, 11) is 0. The van der Waals surface area contributed by atoms with Gasteiger partial charge in [-0.25, -0.2) is 9.67 Å². The molecule has 0 fully saturated rings. The van der Waals surface area contributed by atoms with Gasteiger partial charge in [0, 0.05) is 5.56 Å². The summed E-state index contributed by atoms with van der Waals surface area (Å²) >= 11 is 0. The number of para-hydroxylation sites is 1. The number of unbranched alkanes of at least 4 members (excludes halogenated alkanes) is 1. The van der Waals surface area contributed by atoms with Crippen LogP contribution in [0.25, 0.3) is 16.7 Å². The molecule has 0 aliphatic rings. The molecular weight excluding hydrogens is 364 g/mol. The largest absolute Gasteiger partial charge is 0.292 e. The third-order valence-electron chi connectivity index (χ3n) is 4.96. The van der Waals surface area contributed by atoms with Crippen molar-refractivity contribution >= 4 is 16.8 Å². The average molecular weight is 386 g/mol. The van der Waals surface area contributed by atoms with Crippen LogP contribution in [0, 0.1) is 0 Å². The summed E-state index contributed by atoms with van der Waals surface area (Å²) in [5, 5.41) is 4.68. The van der Waals surface area contributed by atoms with E-state index in [1.807, 2.05) is 54.6 Å². The number of hydrogen-bond donors (Lipinski definition) is 0. The number of Topliss-reactive ketones (excluding diaryl/α,β-unsaturated/α-hetero) is 1. The Labute approximate surface area is 168 Å². The number of fused-ring (bicyclic) bond motifs is 1. The lowest BCUT2D eigenvalue weighted by atomic mass is 10.0. The Bertz CT molecular complexity index is 1190. The number of ketones is 1. The van der Waals surface area contributed by atoms with Crippen LogP contribution in [0.5, 0.6) is 0 Å². The van der Waals surface area contributed by atoms with E-state index in [2.05, 4.69) is 17.0 Å². The Hall–Kier alpha value is -3.54. The molecule has 6 nitrogen and oxygen atoms in total. The summed E-state index contributed by atoms with van der Waals surface area (Å²) < 4.78 is 2.96. The van der Waals surface area contributed by atoms with Crippen LogP contribution in [0.4, 0.5) is 0 Å². The SMILES string of the molecule is CCCCc1ccc(C(=O)Cn2cnc3c(cnn3-c3ccccc3)c2=O)cc1. The third kappa shape index (κ3) is 3.87. The second kappa shape index (κ2) is 8.22. The van der Waals surface area contributed by atoms with Gasteiger partial charge in [0.1, 0.15) is 11.7 Å². The standard InChI is InChI=1S/C23H22N4O2/c1-2-3-7-17-10-12-18(13-11-17)21(28)15-26-16-24-22-20(23(26)29)14-25-27(22)19-8-5-4-6-9-19/h4-6,8-14,16H,2-3,7,15H2,1H3. The normalized spacial score (nSPS) is 11.1. The van der Waals surface area contributed by atoms with Gasteiger partial charge in [0.25, 0.3) is 5.56 Å². The summed E-state index contributed by atoms with van der Waals surface area (Å²) in [4.78, 5) is 29.9. The van der Waals surface area contributed by atoms with E-state index < -0.39 is 0 Å². The minimum atomic E-state index is -0.273. The molecule has 0 N–H and O–H groups in total. The Morgan fingerprint density at radius 2 is 1.79 bits per heavy atom. The fraction of sp³-hybridized carbons (Fsp3) is 0.217. The predicted molar refractivity (Wildman–Crippen MR) is 113 cm³/mol. The van der Waals surface area contributed by atoms with Crippen LogP contribution in [0.15, 0.2) is 71.9 Å². The van der Waals surface area contributed by atoms with Crippen LogP contribution in [0.1, 0.15) is 35.7 Å². The molecule has 0 spiro atoms. The Kier molecular flexibility index (Phi) is 5.33. The van der Waals surface area contributed by atoms with Gasteiger partial charge in [-0.2, -0.15) is 5.10 Å². The zero-order valence-electron chi connectivity index (χ0n) is 16.3. The molecule has 0 aliphatic heterocycles. The molecule has 6 heteroatoms. The van der Waals surface area contributed by atoms with E-state index in [1.54, 1.807) is 4.68 Å². The minimum absolute atomic E-state index is 0.0490. The number of carbonyl (C=O) groups is 1. The van der Waals surface area contributed by atoms with Gasteiger partial charge in [0.05, 0.1) is 18.4 Å². The van der Waals surface area contributed by atoms with E-state index in [-0.39, 0.29) is 17.9 Å². The minimum Gasteiger partial charge on any atom is -0.292 e. The van der Waals surface area contributed by atoms with E-state index >= 15 is 0 Å². The molecule has 2 aromatic carbocycles. The second-order valence-corrected chi connectivity index (χ2v) is 7.03. The van der Waals surface area contributed by atoms with Crippen molar-refractivity contribution in [3.63, 3.8) is 0 Å². The lowest BCUT2D eigenvalue weighted by Crippen LogP contribution is -2.24. The van der Waals surface area contributed by atoms with Crippen molar-refractivity contribution in [3.05, 3.63) is 88.6 Å². The van der Waals surface area contributed by atoms with Gasteiger partial charge in [-0.05, 0) is 30.5 Å². The molecule has 0 unspecified atom stereocenters. The lowest BCUT2D eigenvalue weighted by molar-refractivity contribution is 0.0970. The zero-order valence-corrected chi connectivity index (χ0v) is 16.3. The topological polar surface area (TPSA) is 69.8 Å². The van der Waals surface area contributed by atoms with E-state index in [9.17, 15) is 9.59 Å². The molecule has 2 heterocycles. The fourth-order valence-corrected chi connectivity index (χ4v) is 3.30. The monoisotopic (exact) mass is 386 g/mol. The highest BCUT2D eigenvalue weighted by Gasteiger charge is 2.14. The highest BCUT2D eigenvalue weighted by Crippen LogP contribution is 2.13. The average Bonchev–Trinajstić information content (AvgIpc) is 3.20. The number of nitrogens with zero attached hydrogens (tertiary/aromatic N) is 4. The molecule has 2 aromatic heterocycles. The van der Waals surface area contributed by atoms with Gasteiger partial charge in [-0.1, -0.05) is 55.8 Å². The number of aromatic nitrogens is 4. The third-order valence-corrected chi connectivity index (χ3v) is 4.96. The van der Waals surface area contributed by atoms with Crippen molar-refractivity contribution in [1.29, 1.82) is 0 Å². The molecule has 4 rings (SSSR count). The van der Waals surface area contributed by atoms with Crippen molar-refractivity contribution < 1.29 is 4.79 Å². The van der Waals surface area contributed by atoms with Crippen molar-refractivity contribution in [2.75, 3.05) is 0 Å². The second-order valence-electron chi connectivity index (χ2n) is 7.03. The van der Waals surface area contributed by atoms with Crippen LogP contribution in [0.3, 0.4) is 0 Å². The molecule has 146 valence electrons. The number of aryl methyl sites for hydroxylation is 1. The first kappa shape index (κ1) is 18.8. The summed E-state index contributed by atoms with van der Waals surface area (Å²) in [6.45, 7) is 2.11. The van der Waals surface area contributed by atoms with Crippen molar-refractivity contribution in [1.82, 2.24) is 19.3 Å². The molecular formula is C23H22N4O2. The maximum atomic E-state index is 12.8. The van der Waals surface area contributed by atoms with Gasteiger partial charge < -0.3 is 0 Å². The summed E-state index contributed by atoms with van der Waals surface area (Å²) in [5.74, 6) is -0.120. The molecule has 29 heavy (non-hydrogen) atoms. The predicted octanol–water partition coefficient (Wildman–Crippen LogP) is 3.81. The zero-order chi connectivity index (χ0) is 20.2. The summed E-state index contributed by atoms with van der Waals surface area (Å²) in [6, 6.07) is 17.1. The van der Waals surface area contributed by atoms with Crippen LogP contribution in [-0.2, 0) is 13.0 Å². The molecule has 0 saturated carbocycles. The molecule has 4 aromatic rings. The first-order valence-electron chi connectivity index (χ1n) is 9.78. The highest BCUT2D eigenvalue weighted by atomic mass is 16.1. The maximum Gasteiger partial charge on any atom is 0.264 e. The number of carbonyl (C=O) groups excluding carboxylic acids is 1. The Balaban J connectivity index is 1.58. The molecule has 0 amide bonds. The highest BCUT2D eigenvalue weighted by molar-refractivity contribution is 5.96. The van der Waals surface area contributed by atoms with E-state index in [0.29, 0.717) is 16.6 Å². The van der Waals surface area contributed by atoms with Crippen LogP contribution in [-0.4, -0.2) is 25.1 Å². The number of hydrogen-bond acceptors (Lipinski definition) is 4. The quantitative estimate of drug-likeness (QED) is 0.453.